The fourth-order valence-corrected chi connectivity index (χ4v) is 2.30. The van der Waals surface area contributed by atoms with Crippen molar-refractivity contribution in [1.82, 2.24) is 5.32 Å². The van der Waals surface area contributed by atoms with Gasteiger partial charge >= 0.3 is 0 Å². The van der Waals surface area contributed by atoms with Crippen molar-refractivity contribution in [2.75, 3.05) is 18.4 Å². The van der Waals surface area contributed by atoms with Gasteiger partial charge in [-0.2, -0.15) is 0 Å². The van der Waals surface area contributed by atoms with Gasteiger partial charge in [0.05, 0.1) is 0 Å². The van der Waals surface area contributed by atoms with Crippen LogP contribution in [0.3, 0.4) is 0 Å². The molecule has 0 aliphatic carbocycles. The van der Waals surface area contributed by atoms with Gasteiger partial charge in [-0.25, -0.2) is 0 Å². The monoisotopic (exact) mass is 282 g/mol. The largest absolute Gasteiger partial charge is 0.384 e. The maximum absolute atomic E-state index is 3.54. The molecule has 0 heterocycles. The highest BCUT2D eigenvalue weighted by molar-refractivity contribution is 5.52. The van der Waals surface area contributed by atoms with Gasteiger partial charge in [-0.1, -0.05) is 48.5 Å². The van der Waals surface area contributed by atoms with E-state index in [2.05, 4.69) is 86.0 Å². The van der Waals surface area contributed by atoms with Gasteiger partial charge in [0.15, 0.2) is 0 Å². The zero-order valence-electron chi connectivity index (χ0n) is 13.3. The molecule has 2 nitrogen and oxygen atoms in total. The van der Waals surface area contributed by atoms with Crippen LogP contribution >= 0.6 is 0 Å². The topological polar surface area (TPSA) is 24.1 Å². The summed E-state index contributed by atoms with van der Waals surface area (Å²) in [6.45, 7) is 8.47. The molecular formula is C19H26N2. The normalized spacial score (nSPS) is 11.4. The van der Waals surface area contributed by atoms with E-state index in [0.717, 1.165) is 19.5 Å². The summed E-state index contributed by atoms with van der Waals surface area (Å²) in [6, 6.07) is 19.2. The Balaban J connectivity index is 1.94. The quantitative estimate of drug-likeness (QED) is 0.780. The van der Waals surface area contributed by atoms with E-state index in [9.17, 15) is 0 Å². The number of hydrogen-bond donors (Lipinski definition) is 2. The Labute approximate surface area is 128 Å². The number of anilines is 1. The van der Waals surface area contributed by atoms with Gasteiger partial charge in [0, 0.05) is 24.3 Å². The lowest BCUT2D eigenvalue weighted by molar-refractivity contribution is 0.435. The van der Waals surface area contributed by atoms with Crippen LogP contribution in [0.4, 0.5) is 5.69 Å². The molecule has 21 heavy (non-hydrogen) atoms. The summed E-state index contributed by atoms with van der Waals surface area (Å²) in [4.78, 5) is 0. The average Bonchev–Trinajstić information content (AvgIpc) is 2.45. The predicted molar refractivity (Wildman–Crippen MR) is 91.9 cm³/mol. The first-order valence-electron chi connectivity index (χ1n) is 7.65. The third-order valence-electron chi connectivity index (χ3n) is 3.35. The van der Waals surface area contributed by atoms with Crippen molar-refractivity contribution in [3.05, 3.63) is 65.7 Å². The van der Waals surface area contributed by atoms with Crippen molar-refractivity contribution < 1.29 is 0 Å². The molecule has 0 aliphatic heterocycles. The summed E-state index contributed by atoms with van der Waals surface area (Å²) in [6.07, 6.45) is 0.969. The highest BCUT2D eigenvalue weighted by Crippen LogP contribution is 2.18. The molecule has 2 aromatic rings. The van der Waals surface area contributed by atoms with E-state index in [1.54, 1.807) is 0 Å². The van der Waals surface area contributed by atoms with Crippen LogP contribution in [0.1, 0.15) is 31.9 Å². The maximum atomic E-state index is 3.54. The molecule has 0 aliphatic rings. The van der Waals surface area contributed by atoms with Crippen LogP contribution in [0.15, 0.2) is 54.6 Å². The summed E-state index contributed by atoms with van der Waals surface area (Å²) in [5, 5.41) is 7.04. The highest BCUT2D eigenvalue weighted by Gasteiger charge is 2.07. The van der Waals surface area contributed by atoms with Crippen molar-refractivity contribution in [1.29, 1.82) is 0 Å². The van der Waals surface area contributed by atoms with E-state index in [0.29, 0.717) is 0 Å². The highest BCUT2D eigenvalue weighted by atomic mass is 15.0. The third-order valence-corrected chi connectivity index (χ3v) is 3.35. The van der Waals surface area contributed by atoms with E-state index < -0.39 is 0 Å². The first-order chi connectivity index (χ1) is 10.0. The molecule has 0 radical (unpaired) electrons. The Bertz CT molecular complexity index is 541. The van der Waals surface area contributed by atoms with Crippen molar-refractivity contribution >= 4 is 5.69 Å². The Morgan fingerprint density at radius 1 is 0.810 bits per heavy atom. The number of para-hydroxylation sites is 1. The van der Waals surface area contributed by atoms with Crippen LogP contribution in [0.5, 0.6) is 0 Å². The molecule has 2 aromatic carbocycles. The zero-order valence-corrected chi connectivity index (χ0v) is 13.3. The minimum Gasteiger partial charge on any atom is -0.384 e. The molecule has 0 unspecified atom stereocenters. The van der Waals surface area contributed by atoms with Crippen molar-refractivity contribution in [2.45, 2.75) is 32.7 Å². The van der Waals surface area contributed by atoms with Gasteiger partial charge in [-0.3, -0.25) is 0 Å². The second kappa shape index (κ2) is 7.28. The van der Waals surface area contributed by atoms with E-state index >= 15 is 0 Å². The minimum atomic E-state index is 0.172. The maximum Gasteiger partial charge on any atom is 0.0376 e. The van der Waals surface area contributed by atoms with Gasteiger partial charge < -0.3 is 10.6 Å². The second-order valence-electron chi connectivity index (χ2n) is 6.42. The standard InChI is InChI=1S/C19H26N2/c1-19(2,3)21-14-13-20-18-12-8-7-11-17(18)15-16-9-5-4-6-10-16/h4-12,20-21H,13-15H2,1-3H3. The zero-order chi connectivity index (χ0) is 15.1. The van der Waals surface area contributed by atoms with Crippen LogP contribution in [0.25, 0.3) is 0 Å². The van der Waals surface area contributed by atoms with Crippen LogP contribution in [-0.4, -0.2) is 18.6 Å². The third kappa shape index (κ3) is 5.60. The van der Waals surface area contributed by atoms with Gasteiger partial charge in [0.2, 0.25) is 0 Å². The predicted octanol–water partition coefficient (Wildman–Crippen LogP) is 4.08. The Morgan fingerprint density at radius 3 is 2.19 bits per heavy atom. The van der Waals surface area contributed by atoms with Gasteiger partial charge in [-0.15, -0.1) is 0 Å². The van der Waals surface area contributed by atoms with Crippen LogP contribution < -0.4 is 10.6 Å². The van der Waals surface area contributed by atoms with E-state index in [1.807, 2.05) is 0 Å². The lowest BCUT2D eigenvalue weighted by Gasteiger charge is -2.21. The van der Waals surface area contributed by atoms with Crippen molar-refractivity contribution in [3.8, 4) is 0 Å². The van der Waals surface area contributed by atoms with Crippen molar-refractivity contribution in [2.24, 2.45) is 0 Å². The van der Waals surface area contributed by atoms with Crippen LogP contribution in [0.2, 0.25) is 0 Å². The fraction of sp³-hybridized carbons (Fsp3) is 0.368. The fourth-order valence-electron chi connectivity index (χ4n) is 2.30. The second-order valence-corrected chi connectivity index (χ2v) is 6.42. The Kier molecular flexibility index (Phi) is 5.40. The molecule has 0 spiro atoms. The first-order valence-corrected chi connectivity index (χ1v) is 7.65. The summed E-state index contributed by atoms with van der Waals surface area (Å²) in [5.41, 5.74) is 4.10. The molecule has 112 valence electrons. The Hall–Kier alpha value is -1.80. The molecule has 0 atom stereocenters. The van der Waals surface area contributed by atoms with Gasteiger partial charge in [0.1, 0.15) is 0 Å². The SMILES string of the molecule is CC(C)(C)NCCNc1ccccc1Cc1ccccc1. The minimum absolute atomic E-state index is 0.172. The number of rotatable bonds is 6. The van der Waals surface area contributed by atoms with Crippen LogP contribution in [0, 0.1) is 0 Å². The summed E-state index contributed by atoms with van der Waals surface area (Å²) in [5.74, 6) is 0. The molecule has 0 bridgehead atoms. The Morgan fingerprint density at radius 2 is 1.48 bits per heavy atom. The summed E-state index contributed by atoms with van der Waals surface area (Å²) in [7, 11) is 0. The lowest BCUT2D eigenvalue weighted by Crippen LogP contribution is -2.38. The molecule has 2 rings (SSSR count). The first kappa shape index (κ1) is 15.6. The average molecular weight is 282 g/mol. The molecule has 0 fully saturated rings. The van der Waals surface area contributed by atoms with Crippen LogP contribution in [-0.2, 0) is 6.42 Å². The van der Waals surface area contributed by atoms with E-state index in [1.165, 1.54) is 16.8 Å². The molecule has 0 aromatic heterocycles. The molecular weight excluding hydrogens is 256 g/mol. The van der Waals surface area contributed by atoms with E-state index in [4.69, 9.17) is 0 Å². The smallest absolute Gasteiger partial charge is 0.0376 e. The number of hydrogen-bond acceptors (Lipinski definition) is 2. The summed E-state index contributed by atoms with van der Waals surface area (Å²) < 4.78 is 0. The number of benzene rings is 2. The molecule has 0 saturated heterocycles. The molecule has 0 amide bonds. The molecule has 0 saturated carbocycles. The van der Waals surface area contributed by atoms with Gasteiger partial charge in [-0.05, 0) is 44.4 Å². The lowest BCUT2D eigenvalue weighted by atomic mass is 10.0. The van der Waals surface area contributed by atoms with Gasteiger partial charge in [0.25, 0.3) is 0 Å². The van der Waals surface area contributed by atoms with E-state index in [-0.39, 0.29) is 5.54 Å². The number of nitrogens with one attached hydrogen (secondary N) is 2. The molecule has 2 heteroatoms. The molecule has 2 N–H and O–H groups in total. The van der Waals surface area contributed by atoms with Crippen molar-refractivity contribution in [3.63, 3.8) is 0 Å². The summed E-state index contributed by atoms with van der Waals surface area (Å²) >= 11 is 0.